The zero-order valence-corrected chi connectivity index (χ0v) is 9.93. The molecular formula is C11H8Cl2N2O. The van der Waals surface area contributed by atoms with E-state index in [1.165, 1.54) is 0 Å². The van der Waals surface area contributed by atoms with Crippen molar-refractivity contribution in [2.45, 2.75) is 6.92 Å². The molecule has 0 spiro atoms. The molecule has 0 radical (unpaired) electrons. The van der Waals surface area contributed by atoms with Gasteiger partial charge in [0.1, 0.15) is 0 Å². The van der Waals surface area contributed by atoms with Crippen LogP contribution in [0.2, 0.25) is 10.2 Å². The first-order valence-corrected chi connectivity index (χ1v) is 5.36. The average molecular weight is 255 g/mol. The molecule has 0 aliphatic carbocycles. The molecule has 0 aliphatic rings. The summed E-state index contributed by atoms with van der Waals surface area (Å²) in [5.41, 5.74) is 1.83. The van der Waals surface area contributed by atoms with Crippen molar-refractivity contribution in [3.05, 3.63) is 50.4 Å². The van der Waals surface area contributed by atoms with Gasteiger partial charge in [0, 0.05) is 0 Å². The lowest BCUT2D eigenvalue weighted by Gasteiger charge is -2.04. The molecule has 3 nitrogen and oxygen atoms in total. The fraction of sp³-hybridized carbons (Fsp3) is 0.0909. The zero-order valence-electron chi connectivity index (χ0n) is 8.42. The number of aryl methyl sites for hydroxylation is 1. The van der Waals surface area contributed by atoms with Gasteiger partial charge in [-0.05, 0) is 12.5 Å². The summed E-state index contributed by atoms with van der Waals surface area (Å²) in [5, 5.41) is 6.15. The molecule has 1 aromatic carbocycles. The molecule has 1 N–H and O–H groups in total. The van der Waals surface area contributed by atoms with Gasteiger partial charge in [0.15, 0.2) is 5.15 Å². The van der Waals surface area contributed by atoms with Crippen LogP contribution in [0.1, 0.15) is 5.56 Å². The van der Waals surface area contributed by atoms with Crippen molar-refractivity contribution in [2.75, 3.05) is 0 Å². The molecule has 2 rings (SSSR count). The summed E-state index contributed by atoms with van der Waals surface area (Å²) in [7, 11) is 0. The van der Waals surface area contributed by atoms with Crippen LogP contribution in [-0.4, -0.2) is 10.2 Å². The maximum Gasteiger partial charge on any atom is 0.273 e. The van der Waals surface area contributed by atoms with Gasteiger partial charge in [-0.15, -0.1) is 0 Å². The topological polar surface area (TPSA) is 45.8 Å². The molecule has 0 bridgehead atoms. The van der Waals surface area contributed by atoms with E-state index in [2.05, 4.69) is 10.2 Å². The molecule has 0 saturated carbocycles. The van der Waals surface area contributed by atoms with Crippen molar-refractivity contribution < 1.29 is 0 Å². The van der Waals surface area contributed by atoms with E-state index in [0.717, 1.165) is 11.1 Å². The van der Waals surface area contributed by atoms with E-state index in [1.807, 2.05) is 31.2 Å². The third kappa shape index (κ3) is 1.96. The van der Waals surface area contributed by atoms with Gasteiger partial charge >= 0.3 is 0 Å². The highest BCUT2D eigenvalue weighted by Gasteiger charge is 2.12. The quantitative estimate of drug-likeness (QED) is 0.851. The number of hydrogen-bond acceptors (Lipinski definition) is 2. The Morgan fingerprint density at radius 1 is 1.19 bits per heavy atom. The van der Waals surface area contributed by atoms with Crippen LogP contribution in [0.3, 0.4) is 0 Å². The number of aromatic nitrogens is 2. The Balaban J connectivity index is 2.68. The lowest BCUT2D eigenvalue weighted by molar-refractivity contribution is 0.992. The minimum Gasteiger partial charge on any atom is -0.267 e. The van der Waals surface area contributed by atoms with Gasteiger partial charge in [0.2, 0.25) is 0 Å². The number of benzene rings is 1. The van der Waals surface area contributed by atoms with Crippen LogP contribution in [0.25, 0.3) is 11.1 Å². The summed E-state index contributed by atoms with van der Waals surface area (Å²) < 4.78 is 0. The molecule has 2 aromatic rings. The zero-order chi connectivity index (χ0) is 11.7. The van der Waals surface area contributed by atoms with Crippen molar-refractivity contribution in [1.29, 1.82) is 0 Å². The average Bonchev–Trinajstić information content (AvgIpc) is 2.27. The fourth-order valence-corrected chi connectivity index (χ4v) is 1.76. The van der Waals surface area contributed by atoms with E-state index >= 15 is 0 Å². The highest BCUT2D eigenvalue weighted by Crippen LogP contribution is 2.28. The Morgan fingerprint density at radius 2 is 1.81 bits per heavy atom. The number of nitrogens with one attached hydrogen (secondary N) is 1. The van der Waals surface area contributed by atoms with Gasteiger partial charge in [0.05, 0.1) is 10.6 Å². The van der Waals surface area contributed by atoms with Crippen LogP contribution in [0.15, 0.2) is 29.1 Å². The highest BCUT2D eigenvalue weighted by atomic mass is 35.5. The third-order valence-corrected chi connectivity index (χ3v) is 2.96. The smallest absolute Gasteiger partial charge is 0.267 e. The Labute approximate surface area is 102 Å². The molecule has 0 amide bonds. The molecule has 1 aromatic heterocycles. The number of H-pyrrole nitrogens is 1. The van der Waals surface area contributed by atoms with E-state index in [1.54, 1.807) is 0 Å². The SMILES string of the molecule is Cc1ccc(-c2c(Cl)c(Cl)n[nH]c2=O)cc1. The van der Waals surface area contributed by atoms with Gasteiger partial charge < -0.3 is 0 Å². The Bertz CT molecular complexity index is 576. The normalized spacial score (nSPS) is 10.4. The van der Waals surface area contributed by atoms with Crippen LogP contribution in [0.5, 0.6) is 0 Å². The predicted octanol–water partition coefficient (Wildman–Crippen LogP) is 3.05. The summed E-state index contributed by atoms with van der Waals surface area (Å²) >= 11 is 11.7. The number of hydrogen-bond donors (Lipinski definition) is 1. The highest BCUT2D eigenvalue weighted by molar-refractivity contribution is 6.42. The van der Waals surface area contributed by atoms with Crippen molar-refractivity contribution >= 4 is 23.2 Å². The first-order valence-electron chi connectivity index (χ1n) is 4.60. The number of rotatable bonds is 1. The maximum absolute atomic E-state index is 11.6. The monoisotopic (exact) mass is 254 g/mol. The summed E-state index contributed by atoms with van der Waals surface area (Å²) in [5.74, 6) is 0. The lowest BCUT2D eigenvalue weighted by atomic mass is 10.1. The number of halogens is 2. The van der Waals surface area contributed by atoms with Gasteiger partial charge in [-0.3, -0.25) is 4.79 Å². The van der Waals surface area contributed by atoms with Gasteiger partial charge in [-0.25, -0.2) is 5.10 Å². The number of aromatic amines is 1. The van der Waals surface area contributed by atoms with Crippen molar-refractivity contribution in [1.82, 2.24) is 10.2 Å². The molecule has 0 unspecified atom stereocenters. The van der Waals surface area contributed by atoms with Crippen LogP contribution in [-0.2, 0) is 0 Å². The van der Waals surface area contributed by atoms with E-state index in [9.17, 15) is 4.79 Å². The minimum absolute atomic E-state index is 0.0943. The Morgan fingerprint density at radius 3 is 2.44 bits per heavy atom. The standard InChI is InChI=1S/C11H8Cl2N2O/c1-6-2-4-7(5-3-6)8-9(12)10(13)14-15-11(8)16/h2-5H,1H3,(H,15,16). The second-order valence-corrected chi connectivity index (χ2v) is 4.13. The first kappa shape index (κ1) is 11.2. The van der Waals surface area contributed by atoms with Crippen molar-refractivity contribution in [2.24, 2.45) is 0 Å². The lowest BCUT2D eigenvalue weighted by Crippen LogP contribution is -2.11. The van der Waals surface area contributed by atoms with Crippen LogP contribution >= 0.6 is 23.2 Å². The van der Waals surface area contributed by atoms with Gasteiger partial charge in [0.25, 0.3) is 5.56 Å². The second kappa shape index (κ2) is 4.28. The van der Waals surface area contributed by atoms with E-state index in [0.29, 0.717) is 5.56 Å². The minimum atomic E-state index is -0.349. The maximum atomic E-state index is 11.6. The third-order valence-electron chi connectivity index (χ3n) is 2.22. The van der Waals surface area contributed by atoms with Crippen LogP contribution < -0.4 is 5.56 Å². The van der Waals surface area contributed by atoms with E-state index in [-0.39, 0.29) is 15.7 Å². The molecule has 0 fully saturated rings. The fourth-order valence-electron chi connectivity index (χ4n) is 1.39. The van der Waals surface area contributed by atoms with Crippen molar-refractivity contribution in [3.63, 3.8) is 0 Å². The summed E-state index contributed by atoms with van der Waals surface area (Å²) in [6, 6.07) is 7.45. The summed E-state index contributed by atoms with van der Waals surface area (Å²) in [4.78, 5) is 11.6. The molecule has 16 heavy (non-hydrogen) atoms. The van der Waals surface area contributed by atoms with Gasteiger partial charge in [-0.1, -0.05) is 53.0 Å². The van der Waals surface area contributed by atoms with Crippen LogP contribution in [0.4, 0.5) is 0 Å². The summed E-state index contributed by atoms with van der Waals surface area (Å²) in [6.07, 6.45) is 0. The van der Waals surface area contributed by atoms with E-state index in [4.69, 9.17) is 23.2 Å². The molecule has 0 atom stereocenters. The summed E-state index contributed by atoms with van der Waals surface area (Å²) in [6.45, 7) is 1.97. The predicted molar refractivity (Wildman–Crippen MR) is 65.1 cm³/mol. The van der Waals surface area contributed by atoms with Crippen LogP contribution in [0, 0.1) is 6.92 Å². The Kier molecular flexibility index (Phi) is 2.99. The first-order chi connectivity index (χ1) is 7.59. The van der Waals surface area contributed by atoms with Crippen molar-refractivity contribution in [3.8, 4) is 11.1 Å². The molecule has 1 heterocycles. The number of nitrogens with zero attached hydrogens (tertiary/aromatic N) is 1. The second-order valence-electron chi connectivity index (χ2n) is 3.40. The molecule has 82 valence electrons. The molecule has 5 heteroatoms. The largest absolute Gasteiger partial charge is 0.273 e. The molecular weight excluding hydrogens is 247 g/mol. The van der Waals surface area contributed by atoms with Gasteiger partial charge in [-0.2, -0.15) is 5.10 Å². The Hall–Kier alpha value is -1.32. The van der Waals surface area contributed by atoms with E-state index < -0.39 is 0 Å². The molecule has 0 saturated heterocycles. The molecule has 0 aliphatic heterocycles.